The first kappa shape index (κ1) is 11.0. The van der Waals surface area contributed by atoms with Crippen LogP contribution in [0.2, 0.25) is 0 Å². The van der Waals surface area contributed by atoms with Crippen LogP contribution in [0.3, 0.4) is 0 Å². The highest BCUT2D eigenvalue weighted by atomic mass is 15.1. The lowest BCUT2D eigenvalue weighted by Gasteiger charge is -2.20. The van der Waals surface area contributed by atoms with Crippen molar-refractivity contribution in [3.05, 3.63) is 24.0 Å². The molecule has 3 nitrogen and oxygen atoms in total. The lowest BCUT2D eigenvalue weighted by Crippen LogP contribution is -2.16. The van der Waals surface area contributed by atoms with Crippen molar-refractivity contribution < 1.29 is 0 Å². The van der Waals surface area contributed by atoms with Crippen molar-refractivity contribution in [2.24, 2.45) is 5.41 Å². The number of rotatable bonds is 1. The number of nitrogens with zero attached hydrogens (tertiary/aromatic N) is 2. The van der Waals surface area contributed by atoms with E-state index in [0.29, 0.717) is 0 Å². The topological polar surface area (TPSA) is 43.8 Å². The lowest BCUT2D eigenvalue weighted by atomic mass is 9.97. The van der Waals surface area contributed by atoms with Crippen molar-refractivity contribution in [3.8, 4) is 0 Å². The number of nitrogens with two attached hydrogens (primary N) is 1. The van der Waals surface area contributed by atoms with E-state index in [1.54, 1.807) is 0 Å². The second kappa shape index (κ2) is 3.51. The van der Waals surface area contributed by atoms with Gasteiger partial charge in [0.25, 0.3) is 0 Å². The zero-order valence-electron chi connectivity index (χ0n) is 10.4. The number of hydrogen-bond acceptors (Lipinski definition) is 2. The average molecular weight is 217 g/mol. The van der Waals surface area contributed by atoms with Crippen LogP contribution in [0.5, 0.6) is 0 Å². The molecule has 86 valence electrons. The Hall–Kier alpha value is -1.51. The highest BCUT2D eigenvalue weighted by Gasteiger charge is 2.15. The van der Waals surface area contributed by atoms with Crippen molar-refractivity contribution in [2.45, 2.75) is 34.2 Å². The fraction of sp³-hybridized carbons (Fsp3) is 0.462. The van der Waals surface area contributed by atoms with Gasteiger partial charge in [-0.2, -0.15) is 0 Å². The van der Waals surface area contributed by atoms with Gasteiger partial charge in [-0.3, -0.25) is 0 Å². The molecule has 2 N–H and O–H groups in total. The molecule has 0 aliphatic rings. The molecule has 0 unspecified atom stereocenters. The van der Waals surface area contributed by atoms with Crippen LogP contribution in [0.1, 0.15) is 26.6 Å². The molecule has 2 rings (SSSR count). The summed E-state index contributed by atoms with van der Waals surface area (Å²) in [6.07, 6.45) is 0. The summed E-state index contributed by atoms with van der Waals surface area (Å²) in [5.74, 6) is 1.05. The number of aryl methyl sites for hydroxylation is 1. The molecule has 0 aliphatic carbocycles. The minimum atomic E-state index is 0.250. The van der Waals surface area contributed by atoms with Crippen LogP contribution in [0, 0.1) is 12.3 Å². The summed E-state index contributed by atoms with van der Waals surface area (Å²) in [7, 11) is 0. The first-order valence-electron chi connectivity index (χ1n) is 5.59. The minimum absolute atomic E-state index is 0.250. The Labute approximate surface area is 96.3 Å². The van der Waals surface area contributed by atoms with Crippen LogP contribution in [0.25, 0.3) is 11.0 Å². The van der Waals surface area contributed by atoms with E-state index in [4.69, 9.17) is 5.73 Å². The third-order valence-electron chi connectivity index (χ3n) is 2.60. The highest BCUT2D eigenvalue weighted by molar-refractivity contribution is 5.79. The molecule has 0 saturated heterocycles. The van der Waals surface area contributed by atoms with Gasteiger partial charge < -0.3 is 10.3 Å². The number of aromatic nitrogens is 2. The number of nitrogen functional groups attached to an aromatic ring is 1. The first-order valence-corrected chi connectivity index (χ1v) is 5.59. The molecule has 1 aromatic carbocycles. The van der Waals surface area contributed by atoms with Crippen LogP contribution in [-0.4, -0.2) is 9.55 Å². The van der Waals surface area contributed by atoms with Crippen molar-refractivity contribution in [2.75, 3.05) is 5.73 Å². The molecule has 0 spiro atoms. The summed E-state index contributed by atoms with van der Waals surface area (Å²) in [5.41, 5.74) is 8.94. The van der Waals surface area contributed by atoms with Crippen molar-refractivity contribution in [1.29, 1.82) is 0 Å². The van der Waals surface area contributed by atoms with Gasteiger partial charge in [0.1, 0.15) is 5.82 Å². The Bertz CT molecular complexity index is 518. The molecule has 0 amide bonds. The van der Waals surface area contributed by atoms with E-state index in [2.05, 4.69) is 36.4 Å². The molecule has 16 heavy (non-hydrogen) atoms. The number of fused-ring (bicyclic) bond motifs is 1. The molecule has 0 fully saturated rings. The third-order valence-corrected chi connectivity index (χ3v) is 2.60. The summed E-state index contributed by atoms with van der Waals surface area (Å²) in [4.78, 5) is 4.54. The summed E-state index contributed by atoms with van der Waals surface area (Å²) in [6.45, 7) is 9.71. The molecular formula is C13H19N3. The summed E-state index contributed by atoms with van der Waals surface area (Å²) in [6, 6.07) is 5.92. The lowest BCUT2D eigenvalue weighted by molar-refractivity contribution is 0.345. The average Bonchev–Trinajstić information content (AvgIpc) is 2.40. The van der Waals surface area contributed by atoms with Crippen LogP contribution >= 0.6 is 0 Å². The Morgan fingerprint density at radius 1 is 1.31 bits per heavy atom. The van der Waals surface area contributed by atoms with Crippen molar-refractivity contribution >= 4 is 16.7 Å². The maximum Gasteiger partial charge on any atom is 0.106 e. The Morgan fingerprint density at radius 3 is 2.62 bits per heavy atom. The maximum atomic E-state index is 5.76. The van der Waals surface area contributed by atoms with E-state index in [9.17, 15) is 0 Å². The SMILES string of the molecule is Cc1nc2cc(N)ccc2n1CC(C)(C)C. The van der Waals surface area contributed by atoms with E-state index >= 15 is 0 Å². The zero-order valence-corrected chi connectivity index (χ0v) is 10.4. The molecule has 0 saturated carbocycles. The summed E-state index contributed by atoms with van der Waals surface area (Å²) in [5, 5.41) is 0. The quantitative estimate of drug-likeness (QED) is 0.746. The summed E-state index contributed by atoms with van der Waals surface area (Å²) < 4.78 is 2.26. The Balaban J connectivity index is 2.56. The van der Waals surface area contributed by atoms with Crippen molar-refractivity contribution in [3.63, 3.8) is 0 Å². The zero-order chi connectivity index (χ0) is 11.9. The molecule has 0 bridgehead atoms. The first-order chi connectivity index (χ1) is 7.37. The van der Waals surface area contributed by atoms with Gasteiger partial charge in [0, 0.05) is 12.2 Å². The van der Waals surface area contributed by atoms with Gasteiger partial charge in [0.15, 0.2) is 0 Å². The second-order valence-corrected chi connectivity index (χ2v) is 5.55. The standard InChI is InChI=1S/C13H19N3/c1-9-15-11-7-10(14)5-6-12(11)16(9)8-13(2,3)4/h5-7H,8,14H2,1-4H3. The van der Waals surface area contributed by atoms with Gasteiger partial charge in [-0.05, 0) is 30.5 Å². The minimum Gasteiger partial charge on any atom is -0.399 e. The van der Waals surface area contributed by atoms with Crippen LogP contribution in [0.4, 0.5) is 5.69 Å². The van der Waals surface area contributed by atoms with E-state index in [1.165, 1.54) is 5.52 Å². The van der Waals surface area contributed by atoms with Gasteiger partial charge in [-0.1, -0.05) is 20.8 Å². The van der Waals surface area contributed by atoms with E-state index < -0.39 is 0 Å². The molecule has 0 aliphatic heterocycles. The van der Waals surface area contributed by atoms with Crippen molar-refractivity contribution in [1.82, 2.24) is 9.55 Å². The van der Waals surface area contributed by atoms with Crippen LogP contribution in [-0.2, 0) is 6.54 Å². The van der Waals surface area contributed by atoms with Crippen LogP contribution in [0.15, 0.2) is 18.2 Å². The fourth-order valence-electron chi connectivity index (χ4n) is 1.94. The van der Waals surface area contributed by atoms with Crippen LogP contribution < -0.4 is 5.73 Å². The van der Waals surface area contributed by atoms with E-state index in [1.807, 2.05) is 19.1 Å². The molecule has 0 atom stereocenters. The molecule has 3 heteroatoms. The molecule has 0 radical (unpaired) electrons. The normalized spacial score (nSPS) is 12.2. The monoisotopic (exact) mass is 217 g/mol. The molecular weight excluding hydrogens is 198 g/mol. The van der Waals surface area contributed by atoms with Gasteiger partial charge in [-0.15, -0.1) is 0 Å². The predicted molar refractivity (Wildman–Crippen MR) is 68.3 cm³/mol. The van der Waals surface area contributed by atoms with Gasteiger partial charge >= 0.3 is 0 Å². The van der Waals surface area contributed by atoms with Gasteiger partial charge in [-0.25, -0.2) is 4.98 Å². The number of imidazole rings is 1. The molecule has 1 aromatic heterocycles. The Morgan fingerprint density at radius 2 is 2.00 bits per heavy atom. The fourth-order valence-corrected chi connectivity index (χ4v) is 1.94. The largest absolute Gasteiger partial charge is 0.399 e. The van der Waals surface area contributed by atoms with E-state index in [0.717, 1.165) is 23.6 Å². The maximum absolute atomic E-state index is 5.76. The molecule has 1 heterocycles. The number of anilines is 1. The second-order valence-electron chi connectivity index (χ2n) is 5.55. The Kier molecular flexibility index (Phi) is 2.41. The van der Waals surface area contributed by atoms with Gasteiger partial charge in [0.05, 0.1) is 11.0 Å². The van der Waals surface area contributed by atoms with Gasteiger partial charge in [0.2, 0.25) is 0 Å². The number of hydrogen-bond donors (Lipinski definition) is 1. The number of benzene rings is 1. The molecule has 2 aromatic rings. The summed E-state index contributed by atoms with van der Waals surface area (Å²) >= 11 is 0. The predicted octanol–water partition coefficient (Wildman–Crippen LogP) is 2.97. The smallest absolute Gasteiger partial charge is 0.106 e. The highest BCUT2D eigenvalue weighted by Crippen LogP contribution is 2.24. The third kappa shape index (κ3) is 2.03. The van der Waals surface area contributed by atoms with E-state index in [-0.39, 0.29) is 5.41 Å².